The predicted molar refractivity (Wildman–Crippen MR) is 94.1 cm³/mol. The maximum atomic E-state index is 14.0. The molecule has 3 rings (SSSR count). The lowest BCUT2D eigenvalue weighted by molar-refractivity contribution is 0.456. The molecule has 1 atom stereocenters. The van der Waals surface area contributed by atoms with Crippen LogP contribution in [0.2, 0.25) is 0 Å². The summed E-state index contributed by atoms with van der Waals surface area (Å²) in [4.78, 5) is 5.61. The number of thiophene rings is 1. The summed E-state index contributed by atoms with van der Waals surface area (Å²) in [6.07, 6.45) is 0. The lowest BCUT2D eigenvalue weighted by atomic mass is 10.0. The van der Waals surface area contributed by atoms with Crippen LogP contribution in [-0.2, 0) is 0 Å². The van der Waals surface area contributed by atoms with Crippen LogP contribution in [0.15, 0.2) is 29.6 Å². The van der Waals surface area contributed by atoms with Crippen LogP contribution in [0, 0.1) is 15.3 Å². The van der Waals surface area contributed by atoms with E-state index in [2.05, 4.69) is 24.9 Å². The highest BCUT2D eigenvalue weighted by Crippen LogP contribution is 2.35. The number of anilines is 1. The third-order valence-corrected chi connectivity index (χ3v) is 5.27. The Morgan fingerprint density at radius 1 is 1.38 bits per heavy atom. The smallest absolute Gasteiger partial charge is 0.201 e. The first kappa shape index (κ1) is 14.8. The van der Waals surface area contributed by atoms with Crippen molar-refractivity contribution < 1.29 is 4.39 Å². The van der Waals surface area contributed by atoms with Crippen LogP contribution in [0.3, 0.4) is 0 Å². The molecule has 2 N–H and O–H groups in total. The Bertz CT molecular complexity index is 780. The molecule has 0 spiro atoms. The first-order chi connectivity index (χ1) is 9.99. The van der Waals surface area contributed by atoms with Crippen LogP contribution < -0.4 is 5.73 Å². The molecule has 6 heteroatoms. The number of nitrogens with zero attached hydrogens (tertiary/aromatic N) is 2. The minimum Gasteiger partial charge on any atom is -0.369 e. The standard InChI is InChI=1S/C15H15FIN3S/c1-8(2)14(13-4-3-5-21-13)20-12-6-9(16)10(17)7-11(12)19-15(20)18/h3-8,14H,1-2H3,(H2,18,19). The monoisotopic (exact) mass is 415 g/mol. The second kappa shape index (κ2) is 5.57. The molecule has 2 aromatic heterocycles. The van der Waals surface area contributed by atoms with Gasteiger partial charge in [0, 0.05) is 10.9 Å². The highest BCUT2D eigenvalue weighted by Gasteiger charge is 2.24. The Labute approximate surface area is 140 Å². The largest absolute Gasteiger partial charge is 0.369 e. The van der Waals surface area contributed by atoms with Crippen molar-refractivity contribution >= 4 is 50.9 Å². The molecule has 1 aromatic carbocycles. The molecule has 110 valence electrons. The van der Waals surface area contributed by atoms with Crippen molar-refractivity contribution in [2.24, 2.45) is 5.92 Å². The van der Waals surface area contributed by atoms with Crippen molar-refractivity contribution in [1.29, 1.82) is 0 Å². The number of imidazole rings is 1. The minimum atomic E-state index is -0.238. The van der Waals surface area contributed by atoms with Crippen molar-refractivity contribution in [3.63, 3.8) is 0 Å². The number of hydrogen-bond donors (Lipinski definition) is 1. The lowest BCUT2D eigenvalue weighted by Crippen LogP contribution is -2.17. The number of hydrogen-bond acceptors (Lipinski definition) is 3. The molecule has 0 amide bonds. The predicted octanol–water partition coefficient (Wildman–Crippen LogP) is 4.67. The first-order valence-corrected chi connectivity index (χ1v) is 8.60. The van der Waals surface area contributed by atoms with Crippen molar-refractivity contribution in [2.75, 3.05) is 5.73 Å². The molecular formula is C15H15FIN3S. The summed E-state index contributed by atoms with van der Waals surface area (Å²) in [6, 6.07) is 7.44. The molecule has 0 saturated heterocycles. The van der Waals surface area contributed by atoms with E-state index in [1.165, 1.54) is 10.9 Å². The van der Waals surface area contributed by atoms with Crippen molar-refractivity contribution in [2.45, 2.75) is 19.9 Å². The maximum Gasteiger partial charge on any atom is 0.201 e. The van der Waals surface area contributed by atoms with E-state index in [4.69, 9.17) is 5.73 Å². The van der Waals surface area contributed by atoms with E-state index in [1.54, 1.807) is 17.4 Å². The topological polar surface area (TPSA) is 43.8 Å². The zero-order chi connectivity index (χ0) is 15.1. The lowest BCUT2D eigenvalue weighted by Gasteiger charge is -2.23. The maximum absolute atomic E-state index is 14.0. The Kier molecular flexibility index (Phi) is 3.92. The van der Waals surface area contributed by atoms with E-state index in [1.807, 2.05) is 38.6 Å². The van der Waals surface area contributed by atoms with E-state index in [-0.39, 0.29) is 11.9 Å². The van der Waals surface area contributed by atoms with Gasteiger partial charge in [-0.05, 0) is 46.0 Å². The Morgan fingerprint density at radius 2 is 2.14 bits per heavy atom. The van der Waals surface area contributed by atoms with Crippen LogP contribution in [0.4, 0.5) is 10.3 Å². The van der Waals surface area contributed by atoms with Crippen LogP contribution in [-0.4, -0.2) is 9.55 Å². The average molecular weight is 415 g/mol. The third-order valence-electron chi connectivity index (χ3n) is 3.50. The number of nitrogens with two attached hydrogens (primary N) is 1. The molecule has 1 unspecified atom stereocenters. The fourth-order valence-electron chi connectivity index (χ4n) is 2.61. The molecule has 0 fully saturated rings. The van der Waals surface area contributed by atoms with Gasteiger partial charge in [0.25, 0.3) is 0 Å². The Morgan fingerprint density at radius 3 is 2.76 bits per heavy atom. The minimum absolute atomic E-state index is 0.0643. The first-order valence-electron chi connectivity index (χ1n) is 6.65. The summed E-state index contributed by atoms with van der Waals surface area (Å²) in [6.45, 7) is 4.28. The Hall–Kier alpha value is -1.15. The molecular weight excluding hydrogens is 400 g/mol. The summed E-state index contributed by atoms with van der Waals surface area (Å²) in [5, 5.41) is 2.05. The van der Waals surface area contributed by atoms with Gasteiger partial charge in [-0.3, -0.25) is 0 Å². The molecule has 21 heavy (non-hydrogen) atoms. The fraction of sp³-hybridized carbons (Fsp3) is 0.267. The number of nitrogen functional groups attached to an aromatic ring is 1. The van der Waals surface area contributed by atoms with Gasteiger partial charge in [-0.15, -0.1) is 11.3 Å². The van der Waals surface area contributed by atoms with Gasteiger partial charge in [-0.25, -0.2) is 9.37 Å². The van der Waals surface area contributed by atoms with Crippen LogP contribution >= 0.6 is 33.9 Å². The van der Waals surface area contributed by atoms with Crippen LogP contribution in [0.5, 0.6) is 0 Å². The number of rotatable bonds is 3. The van der Waals surface area contributed by atoms with Crippen molar-refractivity contribution in [3.8, 4) is 0 Å². The average Bonchev–Trinajstić information content (AvgIpc) is 3.01. The quantitative estimate of drug-likeness (QED) is 0.632. The molecule has 3 nitrogen and oxygen atoms in total. The number of aromatic nitrogens is 2. The summed E-state index contributed by atoms with van der Waals surface area (Å²) in [7, 11) is 0. The van der Waals surface area contributed by atoms with Gasteiger partial charge in [-0.2, -0.15) is 0 Å². The van der Waals surface area contributed by atoms with Gasteiger partial charge in [0.05, 0.1) is 20.6 Å². The second-order valence-electron chi connectivity index (χ2n) is 5.30. The molecule has 2 heterocycles. The zero-order valence-electron chi connectivity index (χ0n) is 11.7. The van der Waals surface area contributed by atoms with Crippen LogP contribution in [0.25, 0.3) is 11.0 Å². The number of benzene rings is 1. The second-order valence-corrected chi connectivity index (χ2v) is 7.44. The van der Waals surface area contributed by atoms with E-state index in [0.717, 1.165) is 11.0 Å². The van der Waals surface area contributed by atoms with Gasteiger partial charge in [0.1, 0.15) is 5.82 Å². The van der Waals surface area contributed by atoms with Gasteiger partial charge < -0.3 is 10.3 Å². The van der Waals surface area contributed by atoms with Gasteiger partial charge in [0.2, 0.25) is 5.95 Å². The van der Waals surface area contributed by atoms with E-state index >= 15 is 0 Å². The summed E-state index contributed by atoms with van der Waals surface area (Å²) >= 11 is 3.65. The number of fused-ring (bicyclic) bond motifs is 1. The summed E-state index contributed by atoms with van der Waals surface area (Å²) in [5.74, 6) is 0.516. The molecule has 0 aliphatic heterocycles. The van der Waals surface area contributed by atoms with E-state index < -0.39 is 0 Å². The third kappa shape index (κ3) is 2.55. The summed E-state index contributed by atoms with van der Waals surface area (Å²) in [5.41, 5.74) is 7.61. The Balaban J connectivity index is 2.27. The molecule has 3 aromatic rings. The van der Waals surface area contributed by atoms with Crippen molar-refractivity contribution in [1.82, 2.24) is 9.55 Å². The van der Waals surface area contributed by atoms with Crippen molar-refractivity contribution in [3.05, 3.63) is 43.9 Å². The highest BCUT2D eigenvalue weighted by molar-refractivity contribution is 14.1. The fourth-order valence-corrected chi connectivity index (χ4v) is 4.05. The zero-order valence-corrected chi connectivity index (χ0v) is 14.7. The van der Waals surface area contributed by atoms with Gasteiger partial charge >= 0.3 is 0 Å². The molecule has 0 aliphatic carbocycles. The normalized spacial score (nSPS) is 13.2. The molecule has 0 aliphatic rings. The highest BCUT2D eigenvalue weighted by atomic mass is 127. The SMILES string of the molecule is CC(C)C(c1cccs1)n1c(N)nc2cc(I)c(F)cc21. The summed E-state index contributed by atoms with van der Waals surface area (Å²) < 4.78 is 16.5. The molecule has 0 bridgehead atoms. The van der Waals surface area contributed by atoms with Gasteiger partial charge in [0.15, 0.2) is 0 Å². The van der Waals surface area contributed by atoms with Crippen LogP contribution in [0.1, 0.15) is 24.8 Å². The van der Waals surface area contributed by atoms with E-state index in [0.29, 0.717) is 15.4 Å². The van der Waals surface area contributed by atoms with E-state index in [9.17, 15) is 4.39 Å². The van der Waals surface area contributed by atoms with Gasteiger partial charge in [-0.1, -0.05) is 19.9 Å². The molecule has 0 radical (unpaired) electrons. The number of halogens is 2. The molecule has 0 saturated carbocycles.